The quantitative estimate of drug-likeness (QED) is 0.907. The van der Waals surface area contributed by atoms with Crippen LogP contribution in [-0.2, 0) is 13.5 Å². The van der Waals surface area contributed by atoms with Crippen LogP contribution < -0.4 is 10.6 Å². The third-order valence-electron chi connectivity index (χ3n) is 2.84. The predicted octanol–water partition coefficient (Wildman–Crippen LogP) is 2.32. The Morgan fingerprint density at radius 2 is 2.25 bits per heavy atom. The fourth-order valence-corrected chi connectivity index (χ4v) is 2.03. The molecule has 2 heterocycles. The van der Waals surface area contributed by atoms with Crippen molar-refractivity contribution in [1.29, 1.82) is 0 Å². The van der Waals surface area contributed by atoms with Crippen LogP contribution in [-0.4, -0.2) is 27.7 Å². The van der Waals surface area contributed by atoms with Crippen LogP contribution in [0.25, 0.3) is 0 Å². The summed E-state index contributed by atoms with van der Waals surface area (Å²) in [6.45, 7) is 1.98. The zero-order chi connectivity index (χ0) is 14.7. The minimum Gasteiger partial charge on any atom is -0.373 e. The van der Waals surface area contributed by atoms with Crippen molar-refractivity contribution in [3.63, 3.8) is 0 Å². The van der Waals surface area contributed by atoms with Crippen molar-refractivity contribution in [2.75, 3.05) is 17.7 Å². The van der Waals surface area contributed by atoms with Crippen LogP contribution >= 0.6 is 11.6 Å². The van der Waals surface area contributed by atoms with Gasteiger partial charge in [0.15, 0.2) is 0 Å². The second kappa shape index (κ2) is 5.92. The average molecular weight is 294 g/mol. The van der Waals surface area contributed by atoms with E-state index in [2.05, 4.69) is 20.7 Å². The Kier molecular flexibility index (Phi) is 4.24. The van der Waals surface area contributed by atoms with Crippen molar-refractivity contribution in [2.24, 2.45) is 7.05 Å². The Bertz CT molecular complexity index is 638. The number of hydrogen-bond acceptors (Lipinski definition) is 4. The molecule has 6 nitrogen and oxygen atoms in total. The van der Waals surface area contributed by atoms with Crippen LogP contribution in [0.5, 0.6) is 0 Å². The standard InChI is InChI=1S/C13H16ClN5O/c1-4-10-11(7-19(3)18-10)17-13(20)8-5-12(15-2)16-6-9(8)14/h5-7H,4H2,1-3H3,(H,15,16)(H,17,20). The number of carbonyl (C=O) groups is 1. The molecular formula is C13H16ClN5O. The monoisotopic (exact) mass is 293 g/mol. The zero-order valence-corrected chi connectivity index (χ0v) is 12.3. The molecule has 0 saturated heterocycles. The summed E-state index contributed by atoms with van der Waals surface area (Å²) in [6.07, 6.45) is 3.96. The van der Waals surface area contributed by atoms with Gasteiger partial charge in [-0.05, 0) is 12.5 Å². The lowest BCUT2D eigenvalue weighted by Crippen LogP contribution is -2.14. The van der Waals surface area contributed by atoms with Gasteiger partial charge in [0.25, 0.3) is 5.91 Å². The van der Waals surface area contributed by atoms with E-state index in [0.717, 1.165) is 12.1 Å². The molecule has 0 aromatic carbocycles. The molecule has 0 aliphatic carbocycles. The van der Waals surface area contributed by atoms with Crippen LogP contribution in [0, 0.1) is 0 Å². The van der Waals surface area contributed by atoms with Crippen LogP contribution in [0.15, 0.2) is 18.5 Å². The molecule has 2 aromatic rings. The van der Waals surface area contributed by atoms with Crippen molar-refractivity contribution in [3.05, 3.63) is 34.7 Å². The summed E-state index contributed by atoms with van der Waals surface area (Å²) in [5.41, 5.74) is 1.90. The summed E-state index contributed by atoms with van der Waals surface area (Å²) in [7, 11) is 3.54. The van der Waals surface area contributed by atoms with Crippen molar-refractivity contribution in [1.82, 2.24) is 14.8 Å². The van der Waals surface area contributed by atoms with Gasteiger partial charge in [0.2, 0.25) is 0 Å². The van der Waals surface area contributed by atoms with Crippen molar-refractivity contribution < 1.29 is 4.79 Å². The molecule has 2 aromatic heterocycles. The fraction of sp³-hybridized carbons (Fsp3) is 0.308. The fourth-order valence-electron chi connectivity index (χ4n) is 1.84. The number of aryl methyl sites for hydroxylation is 2. The maximum absolute atomic E-state index is 12.3. The zero-order valence-electron chi connectivity index (χ0n) is 11.6. The highest BCUT2D eigenvalue weighted by molar-refractivity contribution is 6.34. The Labute approximate surface area is 122 Å². The molecule has 0 fully saturated rings. The van der Waals surface area contributed by atoms with Gasteiger partial charge < -0.3 is 10.6 Å². The highest BCUT2D eigenvalue weighted by Crippen LogP contribution is 2.21. The number of carbonyl (C=O) groups excluding carboxylic acids is 1. The Morgan fingerprint density at radius 3 is 2.90 bits per heavy atom. The van der Waals surface area contributed by atoms with E-state index < -0.39 is 0 Å². The van der Waals surface area contributed by atoms with Gasteiger partial charge in [-0.1, -0.05) is 18.5 Å². The molecule has 20 heavy (non-hydrogen) atoms. The van der Waals surface area contributed by atoms with E-state index in [1.807, 2.05) is 14.0 Å². The van der Waals surface area contributed by atoms with Gasteiger partial charge in [-0.15, -0.1) is 0 Å². The smallest absolute Gasteiger partial charge is 0.257 e. The first-order valence-electron chi connectivity index (χ1n) is 6.22. The lowest BCUT2D eigenvalue weighted by Gasteiger charge is -2.07. The van der Waals surface area contributed by atoms with E-state index in [-0.39, 0.29) is 5.91 Å². The molecule has 0 aliphatic heterocycles. The van der Waals surface area contributed by atoms with Gasteiger partial charge in [0.1, 0.15) is 5.82 Å². The van der Waals surface area contributed by atoms with Gasteiger partial charge in [-0.2, -0.15) is 5.10 Å². The number of nitrogens with zero attached hydrogens (tertiary/aromatic N) is 3. The highest BCUT2D eigenvalue weighted by Gasteiger charge is 2.15. The van der Waals surface area contributed by atoms with Gasteiger partial charge in [-0.3, -0.25) is 9.48 Å². The summed E-state index contributed by atoms with van der Waals surface area (Å²) in [5.74, 6) is 0.304. The molecule has 1 amide bonds. The first kappa shape index (κ1) is 14.3. The molecule has 0 radical (unpaired) electrons. The molecule has 106 valence electrons. The summed E-state index contributed by atoms with van der Waals surface area (Å²) >= 11 is 6.02. The second-order valence-electron chi connectivity index (χ2n) is 4.27. The van der Waals surface area contributed by atoms with Crippen LogP contribution in [0.2, 0.25) is 5.02 Å². The minimum absolute atomic E-state index is 0.281. The maximum Gasteiger partial charge on any atom is 0.257 e. The van der Waals surface area contributed by atoms with Crippen molar-refractivity contribution >= 4 is 29.0 Å². The topological polar surface area (TPSA) is 71.8 Å². The Hall–Kier alpha value is -2.08. The lowest BCUT2D eigenvalue weighted by molar-refractivity contribution is 0.102. The number of rotatable bonds is 4. The van der Waals surface area contributed by atoms with Gasteiger partial charge in [-0.25, -0.2) is 4.98 Å². The van der Waals surface area contributed by atoms with Crippen LogP contribution in [0.4, 0.5) is 11.5 Å². The summed E-state index contributed by atoms with van der Waals surface area (Å²) in [4.78, 5) is 16.3. The number of pyridine rings is 1. The number of amides is 1. The van der Waals surface area contributed by atoms with Crippen LogP contribution in [0.3, 0.4) is 0 Å². The molecule has 0 spiro atoms. The van der Waals surface area contributed by atoms with E-state index in [9.17, 15) is 4.79 Å². The number of nitrogens with one attached hydrogen (secondary N) is 2. The Morgan fingerprint density at radius 1 is 1.50 bits per heavy atom. The molecule has 2 N–H and O–H groups in total. The van der Waals surface area contributed by atoms with E-state index in [1.165, 1.54) is 6.20 Å². The largest absolute Gasteiger partial charge is 0.373 e. The SMILES string of the molecule is CCc1nn(C)cc1NC(=O)c1cc(NC)ncc1Cl. The van der Waals surface area contributed by atoms with E-state index in [0.29, 0.717) is 22.1 Å². The van der Waals surface area contributed by atoms with Gasteiger partial charge in [0, 0.05) is 26.5 Å². The average Bonchev–Trinajstić information content (AvgIpc) is 2.79. The lowest BCUT2D eigenvalue weighted by atomic mass is 10.2. The van der Waals surface area contributed by atoms with Gasteiger partial charge >= 0.3 is 0 Å². The minimum atomic E-state index is -0.281. The first-order chi connectivity index (χ1) is 9.55. The third-order valence-corrected chi connectivity index (χ3v) is 3.15. The second-order valence-corrected chi connectivity index (χ2v) is 4.68. The predicted molar refractivity (Wildman–Crippen MR) is 79.3 cm³/mol. The molecule has 7 heteroatoms. The maximum atomic E-state index is 12.3. The van der Waals surface area contributed by atoms with Crippen LogP contribution in [0.1, 0.15) is 23.0 Å². The van der Waals surface area contributed by atoms with E-state index >= 15 is 0 Å². The van der Waals surface area contributed by atoms with E-state index in [4.69, 9.17) is 11.6 Å². The van der Waals surface area contributed by atoms with Crippen molar-refractivity contribution in [3.8, 4) is 0 Å². The normalized spacial score (nSPS) is 10.4. The van der Waals surface area contributed by atoms with E-state index in [1.54, 1.807) is 24.0 Å². The number of halogens is 1. The molecule has 0 aliphatic rings. The van der Waals surface area contributed by atoms with Gasteiger partial charge in [0.05, 0.1) is 22.0 Å². The molecule has 0 atom stereocenters. The summed E-state index contributed by atoms with van der Waals surface area (Å²) < 4.78 is 1.67. The molecule has 2 rings (SSSR count). The summed E-state index contributed by atoms with van der Waals surface area (Å²) in [5, 5.41) is 10.3. The first-order valence-corrected chi connectivity index (χ1v) is 6.60. The van der Waals surface area contributed by atoms with Crippen molar-refractivity contribution in [2.45, 2.75) is 13.3 Å². The number of anilines is 2. The molecular weight excluding hydrogens is 278 g/mol. The highest BCUT2D eigenvalue weighted by atomic mass is 35.5. The molecule has 0 unspecified atom stereocenters. The molecule has 0 saturated carbocycles. The number of aromatic nitrogens is 3. The third kappa shape index (κ3) is 2.91. The summed E-state index contributed by atoms with van der Waals surface area (Å²) in [6, 6.07) is 1.61. The molecule has 0 bridgehead atoms. The Balaban J connectivity index is 2.27. The number of hydrogen-bond donors (Lipinski definition) is 2.